The van der Waals surface area contributed by atoms with Gasteiger partial charge in [-0.15, -0.1) is 12.4 Å². The minimum Gasteiger partial charge on any atom is -0.497 e. The molecular formula is C17H29ClN2O3. The lowest BCUT2D eigenvalue weighted by Crippen LogP contribution is -2.37. The molecule has 0 unspecified atom stereocenters. The number of nitrogens with one attached hydrogen (secondary N) is 1. The van der Waals surface area contributed by atoms with Gasteiger partial charge in [0, 0.05) is 25.2 Å². The van der Waals surface area contributed by atoms with Gasteiger partial charge < -0.3 is 19.9 Å². The molecule has 0 aliphatic carbocycles. The molecule has 2 rings (SSSR count). The van der Waals surface area contributed by atoms with Gasteiger partial charge in [0.1, 0.15) is 11.5 Å². The maximum absolute atomic E-state index is 9.36. The molecule has 0 spiro atoms. The summed E-state index contributed by atoms with van der Waals surface area (Å²) in [4.78, 5) is 2.31. The Bertz CT molecular complexity index is 453. The minimum atomic E-state index is 0. The van der Waals surface area contributed by atoms with Crippen LogP contribution in [0.2, 0.25) is 0 Å². The van der Waals surface area contributed by atoms with Crippen LogP contribution in [0.25, 0.3) is 0 Å². The Hall–Kier alpha value is -1.01. The number of halogens is 1. The molecule has 23 heavy (non-hydrogen) atoms. The highest BCUT2D eigenvalue weighted by molar-refractivity contribution is 5.85. The Kier molecular flexibility index (Phi) is 9.33. The number of aliphatic hydroxyl groups excluding tert-OH is 1. The maximum Gasteiger partial charge on any atom is 0.123 e. The minimum absolute atomic E-state index is 0. The summed E-state index contributed by atoms with van der Waals surface area (Å²) in [6.45, 7) is 4.84. The Morgan fingerprint density at radius 2 is 1.96 bits per heavy atom. The molecule has 0 atom stereocenters. The summed E-state index contributed by atoms with van der Waals surface area (Å²) in [7, 11) is 3.36. The highest BCUT2D eigenvalue weighted by atomic mass is 35.5. The molecule has 1 aromatic rings. The van der Waals surface area contributed by atoms with Gasteiger partial charge in [0.25, 0.3) is 0 Å². The van der Waals surface area contributed by atoms with Crippen molar-refractivity contribution in [3.05, 3.63) is 23.8 Å². The zero-order valence-corrected chi connectivity index (χ0v) is 14.9. The number of nitrogens with zero attached hydrogens (tertiary/aromatic N) is 1. The fourth-order valence-corrected chi connectivity index (χ4v) is 3.05. The molecule has 6 heteroatoms. The van der Waals surface area contributed by atoms with Crippen molar-refractivity contribution in [1.29, 1.82) is 0 Å². The lowest BCUT2D eigenvalue weighted by atomic mass is 9.97. The van der Waals surface area contributed by atoms with Gasteiger partial charge in [0.05, 0.1) is 20.8 Å². The molecule has 5 nitrogen and oxygen atoms in total. The van der Waals surface area contributed by atoms with Crippen molar-refractivity contribution >= 4 is 12.4 Å². The van der Waals surface area contributed by atoms with Gasteiger partial charge in [-0.1, -0.05) is 0 Å². The summed E-state index contributed by atoms with van der Waals surface area (Å²) < 4.78 is 10.8. The van der Waals surface area contributed by atoms with Crippen molar-refractivity contribution in [2.75, 3.05) is 47.0 Å². The van der Waals surface area contributed by atoms with Crippen LogP contribution in [0.5, 0.6) is 11.5 Å². The first-order valence-corrected chi connectivity index (χ1v) is 8.01. The van der Waals surface area contributed by atoms with Gasteiger partial charge in [-0.3, -0.25) is 4.90 Å². The van der Waals surface area contributed by atoms with E-state index in [9.17, 15) is 5.11 Å². The van der Waals surface area contributed by atoms with Crippen LogP contribution in [0.4, 0.5) is 0 Å². The van der Waals surface area contributed by atoms with E-state index in [1.54, 1.807) is 14.2 Å². The first-order valence-electron chi connectivity index (χ1n) is 8.01. The number of ether oxygens (including phenoxy) is 2. The normalized spacial score (nSPS) is 15.3. The fourth-order valence-electron chi connectivity index (χ4n) is 3.05. The van der Waals surface area contributed by atoms with Crippen molar-refractivity contribution in [2.24, 2.45) is 5.92 Å². The Labute approximate surface area is 145 Å². The fraction of sp³-hybridized carbons (Fsp3) is 0.647. The maximum atomic E-state index is 9.36. The van der Waals surface area contributed by atoms with Crippen molar-refractivity contribution < 1.29 is 14.6 Å². The van der Waals surface area contributed by atoms with E-state index in [0.717, 1.165) is 43.2 Å². The van der Waals surface area contributed by atoms with Gasteiger partial charge in [0.2, 0.25) is 0 Å². The van der Waals surface area contributed by atoms with Crippen LogP contribution in [0.15, 0.2) is 18.2 Å². The second-order valence-corrected chi connectivity index (χ2v) is 5.83. The van der Waals surface area contributed by atoms with Crippen molar-refractivity contribution in [2.45, 2.75) is 19.4 Å². The van der Waals surface area contributed by atoms with Crippen LogP contribution in [0.1, 0.15) is 18.4 Å². The summed E-state index contributed by atoms with van der Waals surface area (Å²) >= 11 is 0. The molecule has 1 aliphatic heterocycles. The van der Waals surface area contributed by atoms with E-state index in [1.165, 1.54) is 12.8 Å². The molecule has 1 saturated heterocycles. The first kappa shape index (κ1) is 20.0. The number of hydrogen-bond acceptors (Lipinski definition) is 5. The smallest absolute Gasteiger partial charge is 0.123 e. The van der Waals surface area contributed by atoms with E-state index in [0.29, 0.717) is 12.5 Å². The van der Waals surface area contributed by atoms with E-state index < -0.39 is 0 Å². The topological polar surface area (TPSA) is 54.0 Å². The highest BCUT2D eigenvalue weighted by Crippen LogP contribution is 2.26. The summed E-state index contributed by atoms with van der Waals surface area (Å²) in [6.07, 6.45) is 2.41. The molecule has 0 saturated carbocycles. The van der Waals surface area contributed by atoms with E-state index in [2.05, 4.69) is 10.2 Å². The SMILES string of the molecule is COc1ccc(OC)c(CN(CCO)CC2CCNCC2)c1.Cl. The lowest BCUT2D eigenvalue weighted by Gasteiger charge is -2.30. The van der Waals surface area contributed by atoms with Crippen LogP contribution in [-0.2, 0) is 6.54 Å². The third-order valence-electron chi connectivity index (χ3n) is 4.27. The average Bonchev–Trinajstić information content (AvgIpc) is 2.56. The predicted octanol–water partition coefficient (Wildman–Crippen LogP) is 1.92. The second-order valence-electron chi connectivity index (χ2n) is 5.83. The highest BCUT2D eigenvalue weighted by Gasteiger charge is 2.18. The van der Waals surface area contributed by atoms with Crippen LogP contribution in [-0.4, -0.2) is 57.0 Å². The van der Waals surface area contributed by atoms with Crippen LogP contribution >= 0.6 is 12.4 Å². The largest absolute Gasteiger partial charge is 0.497 e. The second kappa shape index (κ2) is 10.7. The standard InChI is InChI=1S/C17H28N2O3.ClH/c1-21-16-3-4-17(22-2)15(11-16)13-19(9-10-20)12-14-5-7-18-8-6-14;/h3-4,11,14,18,20H,5-10,12-13H2,1-2H3;1H. The summed E-state index contributed by atoms with van der Waals surface area (Å²) in [6, 6.07) is 5.87. The van der Waals surface area contributed by atoms with E-state index in [-0.39, 0.29) is 19.0 Å². The average molecular weight is 345 g/mol. The van der Waals surface area contributed by atoms with E-state index >= 15 is 0 Å². The van der Waals surface area contributed by atoms with Gasteiger partial charge in [-0.25, -0.2) is 0 Å². The number of methoxy groups -OCH3 is 2. The van der Waals surface area contributed by atoms with Gasteiger partial charge >= 0.3 is 0 Å². The third kappa shape index (κ3) is 6.18. The number of aliphatic hydroxyl groups is 1. The summed E-state index contributed by atoms with van der Waals surface area (Å²) in [5, 5.41) is 12.8. The number of rotatable bonds is 8. The molecule has 1 aliphatic rings. The quantitative estimate of drug-likeness (QED) is 0.754. The van der Waals surface area contributed by atoms with E-state index in [4.69, 9.17) is 9.47 Å². The molecule has 1 aromatic carbocycles. The molecule has 1 fully saturated rings. The van der Waals surface area contributed by atoms with E-state index in [1.807, 2.05) is 18.2 Å². The van der Waals surface area contributed by atoms with Gasteiger partial charge in [-0.2, -0.15) is 0 Å². The van der Waals surface area contributed by atoms with Crippen molar-refractivity contribution in [1.82, 2.24) is 10.2 Å². The summed E-state index contributed by atoms with van der Waals surface area (Å²) in [5.74, 6) is 2.40. The first-order chi connectivity index (χ1) is 10.8. The van der Waals surface area contributed by atoms with Crippen LogP contribution < -0.4 is 14.8 Å². The Morgan fingerprint density at radius 3 is 2.57 bits per heavy atom. The van der Waals surface area contributed by atoms with Crippen LogP contribution in [0.3, 0.4) is 0 Å². The number of piperidine rings is 1. The van der Waals surface area contributed by atoms with Crippen molar-refractivity contribution in [3.63, 3.8) is 0 Å². The number of hydrogen-bond donors (Lipinski definition) is 2. The molecule has 0 bridgehead atoms. The zero-order chi connectivity index (χ0) is 15.8. The summed E-state index contributed by atoms with van der Waals surface area (Å²) in [5.41, 5.74) is 1.10. The molecule has 2 N–H and O–H groups in total. The Balaban J connectivity index is 0.00000264. The molecule has 1 heterocycles. The van der Waals surface area contributed by atoms with Crippen LogP contribution in [0, 0.1) is 5.92 Å². The monoisotopic (exact) mass is 344 g/mol. The van der Waals surface area contributed by atoms with Gasteiger partial charge in [-0.05, 0) is 50.0 Å². The lowest BCUT2D eigenvalue weighted by molar-refractivity contribution is 0.156. The third-order valence-corrected chi connectivity index (χ3v) is 4.27. The number of benzene rings is 1. The van der Waals surface area contributed by atoms with Gasteiger partial charge in [0.15, 0.2) is 0 Å². The molecule has 0 radical (unpaired) electrons. The molecule has 0 aromatic heterocycles. The zero-order valence-electron chi connectivity index (χ0n) is 14.1. The molecule has 132 valence electrons. The molecular weight excluding hydrogens is 316 g/mol. The predicted molar refractivity (Wildman–Crippen MR) is 94.8 cm³/mol. The molecule has 0 amide bonds. The van der Waals surface area contributed by atoms with Crippen molar-refractivity contribution in [3.8, 4) is 11.5 Å². The Morgan fingerprint density at radius 1 is 1.22 bits per heavy atom.